The van der Waals surface area contributed by atoms with Crippen LogP contribution in [0.3, 0.4) is 0 Å². The van der Waals surface area contributed by atoms with Crippen molar-refractivity contribution in [2.45, 2.75) is 25.3 Å². The van der Waals surface area contributed by atoms with E-state index in [1.54, 1.807) is 4.90 Å². The highest BCUT2D eigenvalue weighted by molar-refractivity contribution is 6.30. The molecule has 2 heterocycles. The first-order valence-corrected chi connectivity index (χ1v) is 9.24. The van der Waals surface area contributed by atoms with Crippen molar-refractivity contribution in [2.75, 3.05) is 44.2 Å². The maximum absolute atomic E-state index is 12.6. The zero-order chi connectivity index (χ0) is 17.8. The largest absolute Gasteiger partial charge is 0.369 e. The summed E-state index contributed by atoms with van der Waals surface area (Å²) in [6, 6.07) is 7.40. The summed E-state index contributed by atoms with van der Waals surface area (Å²) in [5, 5.41) is 0.734. The maximum Gasteiger partial charge on any atom is 0.240 e. The summed E-state index contributed by atoms with van der Waals surface area (Å²) in [5.74, 6) is -0.376. The Morgan fingerprint density at radius 1 is 1.12 bits per heavy atom. The molecule has 2 N–H and O–H groups in total. The van der Waals surface area contributed by atoms with E-state index in [-0.39, 0.29) is 11.8 Å². The van der Waals surface area contributed by atoms with Crippen LogP contribution >= 0.6 is 11.6 Å². The number of rotatable bonds is 4. The van der Waals surface area contributed by atoms with Gasteiger partial charge < -0.3 is 15.5 Å². The van der Waals surface area contributed by atoms with Crippen LogP contribution in [0.5, 0.6) is 0 Å². The number of carbonyl (C=O) groups is 2. The summed E-state index contributed by atoms with van der Waals surface area (Å²) in [5.41, 5.74) is 6.57. The number of primary amides is 1. The van der Waals surface area contributed by atoms with E-state index < -0.39 is 6.04 Å². The van der Waals surface area contributed by atoms with Crippen LogP contribution in [-0.2, 0) is 9.59 Å². The quantitative estimate of drug-likeness (QED) is 0.875. The molecule has 2 amide bonds. The van der Waals surface area contributed by atoms with Crippen molar-refractivity contribution in [3.05, 3.63) is 29.3 Å². The molecule has 1 aromatic carbocycles. The third-order valence-electron chi connectivity index (χ3n) is 5.06. The first kappa shape index (κ1) is 18.0. The summed E-state index contributed by atoms with van der Waals surface area (Å²) < 4.78 is 0. The molecule has 7 heteroatoms. The van der Waals surface area contributed by atoms with E-state index >= 15 is 0 Å². The molecule has 0 saturated carbocycles. The standard InChI is InChI=1S/C18H25ClN4O2/c19-14-4-3-5-15(12-14)22-10-8-21(9-11-22)13-17(24)23-7-2-1-6-16(23)18(20)25/h3-5,12,16H,1-2,6-11,13H2,(H2,20,25)/t16-/m0/s1. The van der Waals surface area contributed by atoms with E-state index in [2.05, 4.69) is 15.9 Å². The van der Waals surface area contributed by atoms with Crippen molar-refractivity contribution in [2.24, 2.45) is 5.73 Å². The topological polar surface area (TPSA) is 69.9 Å². The molecule has 136 valence electrons. The van der Waals surface area contributed by atoms with Gasteiger partial charge in [-0.1, -0.05) is 17.7 Å². The second-order valence-electron chi connectivity index (χ2n) is 6.74. The van der Waals surface area contributed by atoms with Crippen LogP contribution in [0.15, 0.2) is 24.3 Å². The minimum Gasteiger partial charge on any atom is -0.369 e. The van der Waals surface area contributed by atoms with Gasteiger partial charge in [0, 0.05) is 43.4 Å². The lowest BCUT2D eigenvalue weighted by molar-refractivity contribution is -0.142. The van der Waals surface area contributed by atoms with E-state index in [1.807, 2.05) is 18.2 Å². The number of nitrogens with two attached hydrogens (primary N) is 1. The number of anilines is 1. The van der Waals surface area contributed by atoms with Crippen LogP contribution in [-0.4, -0.2) is 66.9 Å². The van der Waals surface area contributed by atoms with Crippen molar-refractivity contribution in [1.82, 2.24) is 9.80 Å². The van der Waals surface area contributed by atoms with Gasteiger partial charge in [0.05, 0.1) is 6.54 Å². The van der Waals surface area contributed by atoms with E-state index in [0.29, 0.717) is 19.5 Å². The van der Waals surface area contributed by atoms with E-state index in [9.17, 15) is 9.59 Å². The SMILES string of the molecule is NC(=O)[C@@H]1CCCCN1C(=O)CN1CCN(c2cccc(Cl)c2)CC1. The second-order valence-corrected chi connectivity index (χ2v) is 7.18. The smallest absolute Gasteiger partial charge is 0.240 e. The first-order chi connectivity index (χ1) is 12.0. The highest BCUT2D eigenvalue weighted by atomic mass is 35.5. The number of hydrogen-bond donors (Lipinski definition) is 1. The number of nitrogens with zero attached hydrogens (tertiary/aromatic N) is 3. The summed E-state index contributed by atoms with van der Waals surface area (Å²) >= 11 is 6.06. The molecule has 25 heavy (non-hydrogen) atoms. The molecule has 6 nitrogen and oxygen atoms in total. The average molecular weight is 365 g/mol. The number of carbonyl (C=O) groups excluding carboxylic acids is 2. The molecule has 1 aromatic rings. The van der Waals surface area contributed by atoms with Crippen LogP contribution in [0.25, 0.3) is 0 Å². The fourth-order valence-corrected chi connectivity index (χ4v) is 3.83. The molecule has 2 fully saturated rings. The number of piperidine rings is 1. The van der Waals surface area contributed by atoms with Crippen molar-refractivity contribution in [3.8, 4) is 0 Å². The Bertz CT molecular complexity index is 631. The molecular weight excluding hydrogens is 340 g/mol. The second kappa shape index (κ2) is 8.06. The van der Waals surface area contributed by atoms with E-state index in [0.717, 1.165) is 49.7 Å². The molecule has 2 aliphatic heterocycles. The zero-order valence-corrected chi connectivity index (χ0v) is 15.1. The fraction of sp³-hybridized carbons (Fsp3) is 0.556. The molecule has 0 bridgehead atoms. The number of likely N-dealkylation sites (tertiary alicyclic amines) is 1. The Morgan fingerprint density at radius 2 is 1.88 bits per heavy atom. The number of halogens is 1. The normalized spacial score (nSPS) is 22.0. The Morgan fingerprint density at radius 3 is 2.56 bits per heavy atom. The summed E-state index contributed by atoms with van der Waals surface area (Å²) in [6.07, 6.45) is 2.58. The fourth-order valence-electron chi connectivity index (χ4n) is 3.64. The molecule has 2 saturated heterocycles. The Labute approximate surface area is 153 Å². The van der Waals surface area contributed by atoms with Gasteiger partial charge in [0.1, 0.15) is 6.04 Å². The maximum atomic E-state index is 12.6. The monoisotopic (exact) mass is 364 g/mol. The van der Waals surface area contributed by atoms with Crippen LogP contribution in [0.2, 0.25) is 5.02 Å². The van der Waals surface area contributed by atoms with Crippen LogP contribution in [0.4, 0.5) is 5.69 Å². The number of amides is 2. The minimum absolute atomic E-state index is 0.0136. The van der Waals surface area contributed by atoms with Crippen molar-refractivity contribution in [1.29, 1.82) is 0 Å². The van der Waals surface area contributed by atoms with Crippen molar-refractivity contribution in [3.63, 3.8) is 0 Å². The molecule has 1 atom stereocenters. The lowest BCUT2D eigenvalue weighted by Crippen LogP contribution is -2.55. The molecule has 0 radical (unpaired) electrons. The predicted octanol–water partition coefficient (Wildman–Crippen LogP) is 1.33. The van der Waals surface area contributed by atoms with Gasteiger partial charge in [-0.2, -0.15) is 0 Å². The van der Waals surface area contributed by atoms with Gasteiger partial charge in [0.15, 0.2) is 0 Å². The molecule has 3 rings (SSSR count). The van der Waals surface area contributed by atoms with Crippen LogP contribution < -0.4 is 10.6 Å². The molecular formula is C18H25ClN4O2. The van der Waals surface area contributed by atoms with Crippen molar-refractivity contribution < 1.29 is 9.59 Å². The number of piperazine rings is 1. The molecule has 2 aliphatic rings. The van der Waals surface area contributed by atoms with Gasteiger partial charge in [-0.15, -0.1) is 0 Å². The minimum atomic E-state index is -0.436. The highest BCUT2D eigenvalue weighted by Gasteiger charge is 2.31. The third kappa shape index (κ3) is 4.44. The van der Waals surface area contributed by atoms with Gasteiger partial charge in [0.2, 0.25) is 11.8 Å². The van der Waals surface area contributed by atoms with E-state index in [4.69, 9.17) is 17.3 Å². The Hall–Kier alpha value is -1.79. The number of hydrogen-bond acceptors (Lipinski definition) is 4. The first-order valence-electron chi connectivity index (χ1n) is 8.86. The predicted molar refractivity (Wildman–Crippen MR) is 98.7 cm³/mol. The lowest BCUT2D eigenvalue weighted by atomic mass is 10.0. The van der Waals surface area contributed by atoms with Gasteiger partial charge in [-0.25, -0.2) is 0 Å². The van der Waals surface area contributed by atoms with Gasteiger partial charge >= 0.3 is 0 Å². The Balaban J connectivity index is 1.53. The lowest BCUT2D eigenvalue weighted by Gasteiger charge is -2.38. The highest BCUT2D eigenvalue weighted by Crippen LogP contribution is 2.21. The molecule has 0 spiro atoms. The molecule has 0 unspecified atom stereocenters. The van der Waals surface area contributed by atoms with Crippen molar-refractivity contribution >= 4 is 29.1 Å². The van der Waals surface area contributed by atoms with Gasteiger partial charge in [0.25, 0.3) is 0 Å². The number of benzene rings is 1. The molecule has 0 aromatic heterocycles. The Kier molecular flexibility index (Phi) is 5.81. The van der Waals surface area contributed by atoms with Gasteiger partial charge in [-0.3, -0.25) is 14.5 Å². The van der Waals surface area contributed by atoms with Crippen LogP contribution in [0.1, 0.15) is 19.3 Å². The summed E-state index contributed by atoms with van der Waals surface area (Å²) in [6.45, 7) is 4.32. The van der Waals surface area contributed by atoms with E-state index in [1.165, 1.54) is 0 Å². The average Bonchev–Trinajstić information content (AvgIpc) is 2.62. The summed E-state index contributed by atoms with van der Waals surface area (Å²) in [7, 11) is 0. The summed E-state index contributed by atoms with van der Waals surface area (Å²) in [4.78, 5) is 30.3. The molecule has 0 aliphatic carbocycles. The van der Waals surface area contributed by atoms with Gasteiger partial charge in [-0.05, 0) is 37.5 Å². The van der Waals surface area contributed by atoms with Crippen LogP contribution in [0, 0.1) is 0 Å². The zero-order valence-electron chi connectivity index (χ0n) is 14.4. The third-order valence-corrected chi connectivity index (χ3v) is 5.29.